The second kappa shape index (κ2) is 4.76. The highest BCUT2D eigenvalue weighted by molar-refractivity contribution is 6.32. The maximum Gasteiger partial charge on any atom is 0.573 e. The van der Waals surface area contributed by atoms with Gasteiger partial charge in [0, 0.05) is 6.04 Å². The second-order valence-electron chi connectivity index (χ2n) is 3.00. The highest BCUT2D eigenvalue weighted by atomic mass is 35.5. The van der Waals surface area contributed by atoms with Gasteiger partial charge in [-0.1, -0.05) is 23.7 Å². The van der Waals surface area contributed by atoms with E-state index in [0.717, 1.165) is 6.07 Å². The Morgan fingerprint density at radius 1 is 1.44 bits per heavy atom. The van der Waals surface area contributed by atoms with Gasteiger partial charge in [-0.2, -0.15) is 0 Å². The summed E-state index contributed by atoms with van der Waals surface area (Å²) >= 11 is 5.62. The van der Waals surface area contributed by atoms with Gasteiger partial charge in [-0.25, -0.2) is 0 Å². The molecule has 1 aromatic carbocycles. The van der Waals surface area contributed by atoms with Gasteiger partial charge in [0.15, 0.2) is 0 Å². The summed E-state index contributed by atoms with van der Waals surface area (Å²) in [6, 6.07) is 3.36. The van der Waals surface area contributed by atoms with Gasteiger partial charge >= 0.3 is 6.36 Å². The molecule has 0 amide bonds. The standard InChI is InChI=1S/C10H9ClF3NO/c1-2-8(15)6-3-4-9(7(11)5-6)16-10(12,13)14/h2-5,8H,1,15H2/t8-/m0/s1. The van der Waals surface area contributed by atoms with Crippen molar-refractivity contribution in [1.82, 2.24) is 0 Å². The smallest absolute Gasteiger partial charge is 0.404 e. The lowest BCUT2D eigenvalue weighted by Gasteiger charge is -2.12. The largest absolute Gasteiger partial charge is 0.573 e. The molecule has 1 atom stereocenters. The van der Waals surface area contributed by atoms with Crippen LogP contribution in [0.2, 0.25) is 5.02 Å². The summed E-state index contributed by atoms with van der Waals surface area (Å²) in [5.41, 5.74) is 6.17. The first-order valence-electron chi connectivity index (χ1n) is 4.27. The van der Waals surface area contributed by atoms with Gasteiger partial charge in [-0.15, -0.1) is 19.8 Å². The maximum atomic E-state index is 11.9. The SMILES string of the molecule is C=C[C@H](N)c1ccc(OC(F)(F)F)c(Cl)c1. The number of hydrogen-bond acceptors (Lipinski definition) is 2. The first kappa shape index (κ1) is 12.9. The molecule has 0 aromatic heterocycles. The molecule has 0 heterocycles. The average Bonchev–Trinajstić information content (AvgIpc) is 2.18. The molecule has 0 radical (unpaired) electrons. The Bertz CT molecular complexity index is 392. The number of ether oxygens (including phenoxy) is 1. The summed E-state index contributed by atoms with van der Waals surface area (Å²) in [5, 5.41) is -0.146. The molecule has 0 spiro atoms. The molecule has 0 aliphatic heterocycles. The molecule has 0 fully saturated rings. The third-order valence-corrected chi connectivity index (χ3v) is 2.12. The summed E-state index contributed by atoms with van der Waals surface area (Å²) in [4.78, 5) is 0. The van der Waals surface area contributed by atoms with Crippen LogP contribution in [0.3, 0.4) is 0 Å². The highest BCUT2D eigenvalue weighted by Gasteiger charge is 2.32. The zero-order valence-corrected chi connectivity index (χ0v) is 8.85. The van der Waals surface area contributed by atoms with Crippen molar-refractivity contribution in [2.75, 3.05) is 0 Å². The van der Waals surface area contributed by atoms with E-state index in [4.69, 9.17) is 17.3 Å². The molecular weight excluding hydrogens is 243 g/mol. The molecule has 6 heteroatoms. The van der Waals surface area contributed by atoms with Gasteiger partial charge in [-0.05, 0) is 17.7 Å². The molecule has 88 valence electrons. The molecule has 2 N–H and O–H groups in total. The van der Waals surface area contributed by atoms with Crippen molar-refractivity contribution in [3.63, 3.8) is 0 Å². The Balaban J connectivity index is 2.96. The summed E-state index contributed by atoms with van der Waals surface area (Å²) in [6.45, 7) is 3.47. The first-order chi connectivity index (χ1) is 7.33. The van der Waals surface area contributed by atoms with E-state index >= 15 is 0 Å². The predicted molar refractivity (Wildman–Crippen MR) is 55.3 cm³/mol. The Morgan fingerprint density at radius 2 is 2.06 bits per heavy atom. The van der Waals surface area contributed by atoms with Crippen LogP contribution in [-0.2, 0) is 0 Å². The van der Waals surface area contributed by atoms with Crippen LogP contribution in [0.1, 0.15) is 11.6 Å². The fourth-order valence-corrected chi connectivity index (χ4v) is 1.30. The van der Waals surface area contributed by atoms with E-state index in [0.29, 0.717) is 5.56 Å². The van der Waals surface area contributed by atoms with E-state index in [1.165, 1.54) is 18.2 Å². The normalized spacial score (nSPS) is 13.3. The van der Waals surface area contributed by atoms with Crippen LogP contribution < -0.4 is 10.5 Å². The zero-order chi connectivity index (χ0) is 12.3. The van der Waals surface area contributed by atoms with E-state index in [1.807, 2.05) is 0 Å². The fraction of sp³-hybridized carbons (Fsp3) is 0.200. The monoisotopic (exact) mass is 251 g/mol. The molecule has 0 unspecified atom stereocenters. The molecule has 16 heavy (non-hydrogen) atoms. The molecule has 0 bridgehead atoms. The van der Waals surface area contributed by atoms with Gasteiger partial charge in [0.1, 0.15) is 5.75 Å². The van der Waals surface area contributed by atoms with Gasteiger partial charge in [0.2, 0.25) is 0 Å². The van der Waals surface area contributed by atoms with Crippen LogP contribution in [0.4, 0.5) is 13.2 Å². The van der Waals surface area contributed by atoms with Crippen molar-refractivity contribution < 1.29 is 17.9 Å². The lowest BCUT2D eigenvalue weighted by atomic mass is 10.1. The number of alkyl halides is 3. The van der Waals surface area contributed by atoms with Crippen molar-refractivity contribution in [2.45, 2.75) is 12.4 Å². The van der Waals surface area contributed by atoms with Crippen LogP contribution in [-0.4, -0.2) is 6.36 Å². The average molecular weight is 252 g/mol. The van der Waals surface area contributed by atoms with Crippen molar-refractivity contribution in [3.05, 3.63) is 41.4 Å². The number of nitrogens with two attached hydrogens (primary N) is 1. The van der Waals surface area contributed by atoms with E-state index in [2.05, 4.69) is 11.3 Å². The molecule has 0 saturated heterocycles. The van der Waals surface area contributed by atoms with E-state index in [9.17, 15) is 13.2 Å². The first-order valence-corrected chi connectivity index (χ1v) is 4.64. The second-order valence-corrected chi connectivity index (χ2v) is 3.41. The highest BCUT2D eigenvalue weighted by Crippen LogP contribution is 2.31. The minimum Gasteiger partial charge on any atom is -0.404 e. The van der Waals surface area contributed by atoms with Gasteiger partial charge in [0.25, 0.3) is 0 Å². The maximum absolute atomic E-state index is 11.9. The van der Waals surface area contributed by atoms with Crippen LogP contribution in [0, 0.1) is 0 Å². The third kappa shape index (κ3) is 3.43. The van der Waals surface area contributed by atoms with Gasteiger partial charge < -0.3 is 10.5 Å². The van der Waals surface area contributed by atoms with Crippen LogP contribution in [0.15, 0.2) is 30.9 Å². The van der Waals surface area contributed by atoms with Crippen LogP contribution >= 0.6 is 11.6 Å². The van der Waals surface area contributed by atoms with Crippen molar-refractivity contribution >= 4 is 11.6 Å². The third-order valence-electron chi connectivity index (χ3n) is 1.82. The number of benzene rings is 1. The van der Waals surface area contributed by atoms with Crippen molar-refractivity contribution in [3.8, 4) is 5.75 Å². The van der Waals surface area contributed by atoms with Gasteiger partial charge in [0.05, 0.1) is 5.02 Å². The van der Waals surface area contributed by atoms with Crippen molar-refractivity contribution in [1.29, 1.82) is 0 Å². The van der Waals surface area contributed by atoms with Crippen LogP contribution in [0.5, 0.6) is 5.75 Å². The Kier molecular flexibility index (Phi) is 3.83. The van der Waals surface area contributed by atoms with E-state index < -0.39 is 18.2 Å². The molecule has 0 aliphatic rings. The quantitative estimate of drug-likeness (QED) is 0.836. The lowest BCUT2D eigenvalue weighted by molar-refractivity contribution is -0.274. The molecule has 0 aliphatic carbocycles. The summed E-state index contributed by atoms with van der Waals surface area (Å²) in [5.74, 6) is -0.450. The lowest BCUT2D eigenvalue weighted by Crippen LogP contribution is -2.17. The van der Waals surface area contributed by atoms with E-state index in [1.54, 1.807) is 0 Å². The summed E-state index contributed by atoms with van der Waals surface area (Å²) < 4.78 is 39.5. The molecule has 0 saturated carbocycles. The minimum atomic E-state index is -4.76. The van der Waals surface area contributed by atoms with Gasteiger partial charge in [-0.3, -0.25) is 0 Å². The molecule has 1 rings (SSSR count). The number of rotatable bonds is 3. The molecule has 2 nitrogen and oxygen atoms in total. The molecule has 1 aromatic rings. The Hall–Kier alpha value is -1.20. The predicted octanol–water partition coefficient (Wildman–Crippen LogP) is 3.42. The zero-order valence-electron chi connectivity index (χ0n) is 8.09. The van der Waals surface area contributed by atoms with Crippen molar-refractivity contribution in [2.24, 2.45) is 5.73 Å². The minimum absolute atomic E-state index is 0.146. The number of hydrogen-bond donors (Lipinski definition) is 1. The summed E-state index contributed by atoms with van der Waals surface area (Å²) in [7, 11) is 0. The summed E-state index contributed by atoms with van der Waals surface area (Å²) in [6.07, 6.45) is -3.30. The number of halogens is 4. The van der Waals surface area contributed by atoms with Crippen LogP contribution in [0.25, 0.3) is 0 Å². The Labute approximate surface area is 95.5 Å². The topological polar surface area (TPSA) is 35.2 Å². The molecular formula is C10H9ClF3NO. The fourth-order valence-electron chi connectivity index (χ4n) is 1.07. The Morgan fingerprint density at radius 3 is 2.50 bits per heavy atom. The van der Waals surface area contributed by atoms with E-state index in [-0.39, 0.29) is 5.02 Å².